The van der Waals surface area contributed by atoms with Crippen LogP contribution in [0.1, 0.15) is 19.4 Å². The third kappa shape index (κ3) is 3.38. The average molecular weight is 267 g/mol. The zero-order valence-corrected chi connectivity index (χ0v) is 11.1. The van der Waals surface area contributed by atoms with Crippen LogP contribution in [-0.2, 0) is 4.79 Å². The molecule has 0 saturated heterocycles. The van der Waals surface area contributed by atoms with Gasteiger partial charge in [-0.05, 0) is 25.1 Å². The highest BCUT2D eigenvalue weighted by atomic mass is 35.5. The van der Waals surface area contributed by atoms with Gasteiger partial charge in [0.05, 0.1) is 17.2 Å². The number of carboxylic acid groups (broad SMARTS) is 1. The summed E-state index contributed by atoms with van der Waals surface area (Å²) in [7, 11) is 0. The van der Waals surface area contributed by atoms with Gasteiger partial charge in [-0.2, -0.15) is 5.26 Å². The van der Waals surface area contributed by atoms with Gasteiger partial charge in [0, 0.05) is 18.1 Å². The van der Waals surface area contributed by atoms with Crippen molar-refractivity contribution in [3.8, 4) is 6.07 Å². The van der Waals surface area contributed by atoms with Crippen molar-refractivity contribution in [3.63, 3.8) is 0 Å². The van der Waals surface area contributed by atoms with Crippen molar-refractivity contribution < 1.29 is 9.90 Å². The molecule has 18 heavy (non-hydrogen) atoms. The molecular weight excluding hydrogens is 252 g/mol. The lowest BCUT2D eigenvalue weighted by molar-refractivity contribution is -0.140. The van der Waals surface area contributed by atoms with Gasteiger partial charge in [-0.3, -0.25) is 4.79 Å². The van der Waals surface area contributed by atoms with Gasteiger partial charge in [-0.15, -0.1) is 0 Å². The van der Waals surface area contributed by atoms with Gasteiger partial charge in [-0.25, -0.2) is 0 Å². The Bertz CT molecular complexity index is 482. The van der Waals surface area contributed by atoms with Crippen LogP contribution in [-0.4, -0.2) is 24.2 Å². The van der Waals surface area contributed by atoms with E-state index in [-0.39, 0.29) is 0 Å². The fourth-order valence-electron chi connectivity index (χ4n) is 1.68. The van der Waals surface area contributed by atoms with Crippen molar-refractivity contribution in [2.24, 2.45) is 5.92 Å². The summed E-state index contributed by atoms with van der Waals surface area (Å²) >= 11 is 5.84. The highest BCUT2D eigenvalue weighted by Crippen LogP contribution is 2.24. The summed E-state index contributed by atoms with van der Waals surface area (Å²) in [5, 5.41) is 18.5. The fraction of sp³-hybridized carbons (Fsp3) is 0.385. The number of benzene rings is 1. The Morgan fingerprint density at radius 3 is 2.78 bits per heavy atom. The van der Waals surface area contributed by atoms with Gasteiger partial charge >= 0.3 is 5.97 Å². The molecule has 1 rings (SSSR count). The number of nitrogens with zero attached hydrogens (tertiary/aromatic N) is 2. The predicted molar refractivity (Wildman–Crippen MR) is 70.9 cm³/mol. The van der Waals surface area contributed by atoms with Crippen molar-refractivity contribution >= 4 is 23.3 Å². The molecule has 0 heterocycles. The van der Waals surface area contributed by atoms with E-state index in [0.717, 1.165) is 5.69 Å². The number of carbonyl (C=O) groups is 1. The Morgan fingerprint density at radius 2 is 2.28 bits per heavy atom. The number of hydrogen-bond donors (Lipinski definition) is 1. The van der Waals surface area contributed by atoms with Gasteiger partial charge in [0.1, 0.15) is 6.07 Å². The third-order valence-electron chi connectivity index (χ3n) is 2.72. The second-order valence-electron chi connectivity index (χ2n) is 4.05. The molecule has 0 amide bonds. The van der Waals surface area contributed by atoms with Crippen LogP contribution in [0.5, 0.6) is 0 Å². The smallest absolute Gasteiger partial charge is 0.308 e. The summed E-state index contributed by atoms with van der Waals surface area (Å²) in [5.41, 5.74) is 1.18. The van der Waals surface area contributed by atoms with Crippen LogP contribution >= 0.6 is 11.6 Å². The second kappa shape index (κ2) is 6.27. The highest BCUT2D eigenvalue weighted by Gasteiger charge is 2.17. The molecule has 5 heteroatoms. The minimum absolute atomic E-state index is 0.363. The minimum Gasteiger partial charge on any atom is -0.481 e. The molecule has 1 aromatic rings. The van der Waals surface area contributed by atoms with Crippen LogP contribution in [0.15, 0.2) is 18.2 Å². The molecule has 0 fully saturated rings. The molecule has 1 aromatic carbocycles. The van der Waals surface area contributed by atoms with E-state index in [1.807, 2.05) is 11.8 Å². The lowest BCUT2D eigenvalue weighted by Crippen LogP contribution is -2.32. The lowest BCUT2D eigenvalue weighted by Gasteiger charge is -2.26. The minimum atomic E-state index is -0.846. The van der Waals surface area contributed by atoms with Crippen LogP contribution in [0.3, 0.4) is 0 Å². The maximum Gasteiger partial charge on any atom is 0.308 e. The van der Waals surface area contributed by atoms with Gasteiger partial charge in [-0.1, -0.05) is 18.5 Å². The molecule has 0 radical (unpaired) electrons. The summed E-state index contributed by atoms with van der Waals surface area (Å²) < 4.78 is 0. The number of carboxylic acids is 1. The molecule has 0 aromatic heterocycles. The molecule has 0 aliphatic rings. The molecule has 96 valence electrons. The summed E-state index contributed by atoms with van der Waals surface area (Å²) in [6.07, 6.45) is 0. The molecule has 1 unspecified atom stereocenters. The number of nitriles is 1. The number of aliphatic carboxylic acids is 1. The molecule has 0 bridgehead atoms. The van der Waals surface area contributed by atoms with E-state index in [4.69, 9.17) is 22.0 Å². The first kappa shape index (κ1) is 14.3. The molecule has 0 saturated carbocycles. The van der Waals surface area contributed by atoms with Crippen molar-refractivity contribution in [1.29, 1.82) is 5.26 Å². The molecule has 4 nitrogen and oxygen atoms in total. The van der Waals surface area contributed by atoms with E-state index < -0.39 is 11.9 Å². The number of halogens is 1. The number of rotatable bonds is 5. The summed E-state index contributed by atoms with van der Waals surface area (Å²) in [5.74, 6) is -1.34. The topological polar surface area (TPSA) is 64.3 Å². The summed E-state index contributed by atoms with van der Waals surface area (Å²) in [4.78, 5) is 12.7. The van der Waals surface area contributed by atoms with Crippen LogP contribution in [0.2, 0.25) is 5.02 Å². The largest absolute Gasteiger partial charge is 0.481 e. The van der Waals surface area contributed by atoms with Crippen LogP contribution in [0.25, 0.3) is 0 Å². The monoisotopic (exact) mass is 266 g/mol. The SMILES string of the molecule is CCN(CC(C)C(=O)O)c1ccc(Cl)cc1C#N. The van der Waals surface area contributed by atoms with Crippen molar-refractivity contribution in [2.45, 2.75) is 13.8 Å². The van der Waals surface area contributed by atoms with Crippen molar-refractivity contribution in [3.05, 3.63) is 28.8 Å². The molecular formula is C13H15ClN2O2. The Morgan fingerprint density at radius 1 is 1.61 bits per heavy atom. The predicted octanol–water partition coefficient (Wildman–Crippen LogP) is 2.76. The van der Waals surface area contributed by atoms with E-state index in [1.165, 1.54) is 0 Å². The number of anilines is 1. The maximum atomic E-state index is 10.9. The molecule has 1 atom stereocenters. The Kier molecular flexibility index (Phi) is 4.99. The average Bonchev–Trinajstić information content (AvgIpc) is 2.35. The zero-order valence-electron chi connectivity index (χ0n) is 10.4. The Balaban J connectivity index is 3.02. The van der Waals surface area contributed by atoms with Crippen LogP contribution < -0.4 is 4.90 Å². The fourth-order valence-corrected chi connectivity index (χ4v) is 1.85. The molecule has 0 aliphatic carbocycles. The first-order valence-corrected chi connectivity index (χ1v) is 6.04. The van der Waals surface area contributed by atoms with Crippen molar-refractivity contribution in [2.75, 3.05) is 18.0 Å². The normalized spacial score (nSPS) is 11.7. The quantitative estimate of drug-likeness (QED) is 0.890. The Labute approximate surface area is 111 Å². The van der Waals surface area contributed by atoms with E-state index in [1.54, 1.807) is 25.1 Å². The highest BCUT2D eigenvalue weighted by molar-refractivity contribution is 6.30. The molecule has 0 aliphatic heterocycles. The summed E-state index contributed by atoms with van der Waals surface area (Å²) in [6.45, 7) is 4.56. The third-order valence-corrected chi connectivity index (χ3v) is 2.95. The van der Waals surface area contributed by atoms with Gasteiger partial charge in [0.25, 0.3) is 0 Å². The molecule has 1 N–H and O–H groups in total. The van der Waals surface area contributed by atoms with E-state index in [2.05, 4.69) is 6.07 Å². The first-order valence-electron chi connectivity index (χ1n) is 5.67. The van der Waals surface area contributed by atoms with Gasteiger partial charge in [0.2, 0.25) is 0 Å². The summed E-state index contributed by atoms with van der Waals surface area (Å²) in [6, 6.07) is 7.12. The van der Waals surface area contributed by atoms with Crippen LogP contribution in [0, 0.1) is 17.2 Å². The standard InChI is InChI=1S/C13H15ClN2O2/c1-3-16(8-9(2)13(17)18)12-5-4-11(14)6-10(12)7-15/h4-6,9H,3,8H2,1-2H3,(H,17,18). The number of hydrogen-bond acceptors (Lipinski definition) is 3. The van der Waals surface area contributed by atoms with Crippen LogP contribution in [0.4, 0.5) is 5.69 Å². The maximum absolute atomic E-state index is 10.9. The van der Waals surface area contributed by atoms with E-state index in [9.17, 15) is 4.79 Å². The van der Waals surface area contributed by atoms with E-state index >= 15 is 0 Å². The van der Waals surface area contributed by atoms with Gasteiger partial charge in [0.15, 0.2) is 0 Å². The van der Waals surface area contributed by atoms with Gasteiger partial charge < -0.3 is 10.0 Å². The van der Waals surface area contributed by atoms with Crippen molar-refractivity contribution in [1.82, 2.24) is 0 Å². The lowest BCUT2D eigenvalue weighted by atomic mass is 10.1. The first-order chi connectivity index (χ1) is 8.49. The molecule has 0 spiro atoms. The second-order valence-corrected chi connectivity index (χ2v) is 4.49. The van der Waals surface area contributed by atoms with E-state index in [0.29, 0.717) is 23.7 Å². The Hall–Kier alpha value is -1.73. The zero-order chi connectivity index (χ0) is 13.7.